The fraction of sp³-hybridized carbons (Fsp3) is 0.0833. The lowest BCUT2D eigenvalue weighted by molar-refractivity contribution is 0.102. The highest BCUT2D eigenvalue weighted by Crippen LogP contribution is 2.33. The third-order valence-corrected chi connectivity index (χ3v) is 3.18. The molecule has 2 rings (SSSR count). The van der Waals surface area contributed by atoms with Gasteiger partial charge in [0.05, 0.1) is 28.1 Å². The van der Waals surface area contributed by atoms with E-state index in [4.69, 9.17) is 34.8 Å². The normalized spacial score (nSPS) is 10.2. The lowest BCUT2D eigenvalue weighted by atomic mass is 10.3. The van der Waals surface area contributed by atoms with Gasteiger partial charge in [0.25, 0.3) is 5.91 Å². The lowest BCUT2D eigenvalue weighted by Gasteiger charge is -2.09. The van der Waals surface area contributed by atoms with E-state index in [9.17, 15) is 4.79 Å². The molecule has 0 saturated heterocycles. The first-order valence-corrected chi connectivity index (χ1v) is 6.60. The molecule has 0 aliphatic carbocycles. The quantitative estimate of drug-likeness (QED) is 0.899. The Labute approximate surface area is 130 Å². The topological polar surface area (TPSA) is 66.9 Å². The fourth-order valence-corrected chi connectivity index (χ4v) is 2.35. The molecule has 0 spiro atoms. The van der Waals surface area contributed by atoms with Crippen LogP contribution in [0.1, 0.15) is 10.5 Å². The summed E-state index contributed by atoms with van der Waals surface area (Å²) in [6.45, 7) is 0. The van der Waals surface area contributed by atoms with Gasteiger partial charge >= 0.3 is 0 Å². The van der Waals surface area contributed by atoms with Crippen LogP contribution in [0, 0.1) is 0 Å². The van der Waals surface area contributed by atoms with Crippen LogP contribution in [0.2, 0.25) is 15.1 Å². The van der Waals surface area contributed by atoms with E-state index in [1.165, 1.54) is 24.5 Å². The molecule has 0 radical (unpaired) electrons. The van der Waals surface area contributed by atoms with Crippen LogP contribution in [0.3, 0.4) is 0 Å². The molecule has 2 N–H and O–H groups in total. The van der Waals surface area contributed by atoms with E-state index in [1.807, 2.05) is 0 Å². The van der Waals surface area contributed by atoms with E-state index in [2.05, 4.69) is 20.6 Å². The maximum absolute atomic E-state index is 12.1. The van der Waals surface area contributed by atoms with E-state index >= 15 is 0 Å². The van der Waals surface area contributed by atoms with E-state index in [1.54, 1.807) is 7.05 Å². The van der Waals surface area contributed by atoms with Gasteiger partial charge in [-0.05, 0) is 12.1 Å². The second kappa shape index (κ2) is 6.26. The number of halogens is 3. The maximum Gasteiger partial charge on any atom is 0.276 e. The van der Waals surface area contributed by atoms with Crippen molar-refractivity contribution in [1.82, 2.24) is 9.97 Å². The van der Waals surface area contributed by atoms with Crippen LogP contribution in [-0.2, 0) is 0 Å². The number of amides is 1. The molecule has 0 bridgehead atoms. The predicted molar refractivity (Wildman–Crippen MR) is 81.0 cm³/mol. The molecule has 104 valence electrons. The zero-order chi connectivity index (χ0) is 14.7. The number of hydrogen-bond donors (Lipinski definition) is 2. The van der Waals surface area contributed by atoms with Crippen molar-refractivity contribution < 1.29 is 4.79 Å². The fourth-order valence-electron chi connectivity index (χ4n) is 1.44. The van der Waals surface area contributed by atoms with Gasteiger partial charge in [0.2, 0.25) is 0 Å². The molecule has 0 saturated carbocycles. The van der Waals surface area contributed by atoms with Crippen molar-refractivity contribution in [2.24, 2.45) is 0 Å². The first kappa shape index (κ1) is 14.8. The van der Waals surface area contributed by atoms with Crippen molar-refractivity contribution in [3.63, 3.8) is 0 Å². The van der Waals surface area contributed by atoms with Crippen LogP contribution in [0.25, 0.3) is 0 Å². The molecule has 5 nitrogen and oxygen atoms in total. The Morgan fingerprint density at radius 1 is 1.15 bits per heavy atom. The summed E-state index contributed by atoms with van der Waals surface area (Å²) in [5.41, 5.74) is 0.415. The Hall–Kier alpha value is -1.56. The monoisotopic (exact) mass is 330 g/mol. The highest BCUT2D eigenvalue weighted by atomic mass is 35.5. The van der Waals surface area contributed by atoms with E-state index in [0.29, 0.717) is 10.8 Å². The van der Waals surface area contributed by atoms with Crippen molar-refractivity contribution in [3.8, 4) is 0 Å². The maximum atomic E-state index is 12.1. The molecule has 0 aliphatic rings. The number of carbonyl (C=O) groups is 1. The van der Waals surface area contributed by atoms with Gasteiger partial charge < -0.3 is 10.6 Å². The van der Waals surface area contributed by atoms with Crippen molar-refractivity contribution in [3.05, 3.63) is 45.3 Å². The Bertz CT molecular complexity index is 640. The number of hydrogen-bond acceptors (Lipinski definition) is 4. The van der Waals surface area contributed by atoms with E-state index in [0.717, 1.165) is 0 Å². The summed E-state index contributed by atoms with van der Waals surface area (Å²) in [4.78, 5) is 20.1. The SMILES string of the molecule is CNc1cncc(C(=O)Nc2c(Cl)cc(Cl)cc2Cl)n1. The van der Waals surface area contributed by atoms with E-state index in [-0.39, 0.29) is 21.4 Å². The minimum atomic E-state index is -0.472. The zero-order valence-electron chi connectivity index (χ0n) is 10.2. The van der Waals surface area contributed by atoms with Gasteiger partial charge in [-0.3, -0.25) is 9.78 Å². The Kier molecular flexibility index (Phi) is 4.65. The Morgan fingerprint density at radius 2 is 1.80 bits per heavy atom. The Balaban J connectivity index is 2.28. The van der Waals surface area contributed by atoms with Gasteiger partial charge in [-0.25, -0.2) is 4.98 Å². The number of anilines is 2. The number of rotatable bonds is 3. The standard InChI is InChI=1S/C12H9Cl3N4O/c1-16-10-5-17-4-9(18-10)12(20)19-11-7(14)2-6(13)3-8(11)15/h2-5H,1H3,(H,16,18)(H,19,20). The van der Waals surface area contributed by atoms with Crippen LogP contribution >= 0.6 is 34.8 Å². The van der Waals surface area contributed by atoms with E-state index < -0.39 is 5.91 Å². The third kappa shape index (κ3) is 3.30. The largest absolute Gasteiger partial charge is 0.372 e. The molecule has 0 unspecified atom stereocenters. The lowest BCUT2D eigenvalue weighted by Crippen LogP contribution is -2.15. The van der Waals surface area contributed by atoms with Crippen LogP contribution in [0.4, 0.5) is 11.5 Å². The number of carbonyl (C=O) groups excluding carboxylic acids is 1. The molecule has 1 heterocycles. The molecule has 8 heteroatoms. The number of nitrogens with one attached hydrogen (secondary N) is 2. The van der Waals surface area contributed by atoms with Crippen LogP contribution < -0.4 is 10.6 Å². The van der Waals surface area contributed by atoms with Gasteiger partial charge in [0, 0.05) is 12.1 Å². The summed E-state index contributed by atoms with van der Waals surface area (Å²) in [6.07, 6.45) is 2.84. The molecule has 0 aliphatic heterocycles. The number of aromatic nitrogens is 2. The van der Waals surface area contributed by atoms with Gasteiger partial charge in [0.1, 0.15) is 11.5 Å². The molecule has 0 atom stereocenters. The minimum Gasteiger partial charge on any atom is -0.372 e. The second-order valence-electron chi connectivity index (χ2n) is 3.74. The molecule has 0 fully saturated rings. The summed E-state index contributed by atoms with van der Waals surface area (Å²) in [5, 5.41) is 6.25. The summed E-state index contributed by atoms with van der Waals surface area (Å²) in [5.74, 6) is 0.00618. The second-order valence-corrected chi connectivity index (χ2v) is 4.99. The molecular formula is C12H9Cl3N4O. The average Bonchev–Trinajstić information content (AvgIpc) is 2.42. The average molecular weight is 332 g/mol. The van der Waals surface area contributed by atoms with Crippen molar-refractivity contribution in [2.75, 3.05) is 17.7 Å². The van der Waals surface area contributed by atoms with Gasteiger partial charge in [-0.15, -0.1) is 0 Å². The minimum absolute atomic E-state index is 0.138. The molecule has 1 amide bonds. The van der Waals surface area contributed by atoms with Crippen molar-refractivity contribution >= 4 is 52.2 Å². The van der Waals surface area contributed by atoms with Crippen LogP contribution in [0.5, 0.6) is 0 Å². The summed E-state index contributed by atoms with van der Waals surface area (Å²) in [6, 6.07) is 2.97. The Morgan fingerprint density at radius 3 is 2.40 bits per heavy atom. The first-order chi connectivity index (χ1) is 9.51. The van der Waals surface area contributed by atoms with Crippen molar-refractivity contribution in [1.29, 1.82) is 0 Å². The summed E-state index contributed by atoms with van der Waals surface area (Å²) >= 11 is 17.8. The van der Waals surface area contributed by atoms with Gasteiger partial charge in [0.15, 0.2) is 0 Å². The molecule has 1 aromatic carbocycles. The smallest absolute Gasteiger partial charge is 0.276 e. The third-order valence-electron chi connectivity index (χ3n) is 2.37. The number of nitrogens with zero attached hydrogens (tertiary/aromatic N) is 2. The van der Waals surface area contributed by atoms with Gasteiger partial charge in [-0.1, -0.05) is 34.8 Å². The molecule has 20 heavy (non-hydrogen) atoms. The highest BCUT2D eigenvalue weighted by molar-refractivity contribution is 6.42. The molecule has 1 aromatic heterocycles. The summed E-state index contributed by atoms with van der Waals surface area (Å²) < 4.78 is 0. The first-order valence-electron chi connectivity index (χ1n) is 5.47. The molecule has 2 aromatic rings. The highest BCUT2D eigenvalue weighted by Gasteiger charge is 2.14. The van der Waals surface area contributed by atoms with Gasteiger partial charge in [-0.2, -0.15) is 0 Å². The van der Waals surface area contributed by atoms with Crippen LogP contribution in [-0.4, -0.2) is 22.9 Å². The molecular weight excluding hydrogens is 323 g/mol. The predicted octanol–water partition coefficient (Wildman–Crippen LogP) is 3.73. The van der Waals surface area contributed by atoms with Crippen LogP contribution in [0.15, 0.2) is 24.5 Å². The number of benzene rings is 1. The summed E-state index contributed by atoms with van der Waals surface area (Å²) in [7, 11) is 1.68. The van der Waals surface area contributed by atoms with Crippen molar-refractivity contribution in [2.45, 2.75) is 0 Å². The zero-order valence-corrected chi connectivity index (χ0v) is 12.5.